The van der Waals surface area contributed by atoms with Gasteiger partial charge in [-0.3, -0.25) is 0 Å². The molecule has 0 amide bonds. The van der Waals surface area contributed by atoms with Crippen molar-refractivity contribution in [1.29, 1.82) is 0 Å². The summed E-state index contributed by atoms with van der Waals surface area (Å²) in [6.45, 7) is 0. The van der Waals surface area contributed by atoms with Crippen molar-refractivity contribution < 1.29 is 9.68 Å². The van der Waals surface area contributed by atoms with Crippen LogP contribution in [-0.4, -0.2) is 10.2 Å². The first kappa shape index (κ1) is 10.7. The molecule has 2 rings (SSSR count). The maximum atomic E-state index is 5.22. The molecule has 0 aliphatic rings. The Morgan fingerprint density at radius 1 is 0.812 bits per heavy atom. The average Bonchev–Trinajstić information content (AvgIpc) is 2.33. The van der Waals surface area contributed by atoms with E-state index >= 15 is 0 Å². The summed E-state index contributed by atoms with van der Waals surface area (Å²) < 4.78 is 0. The molecule has 3 nitrogen and oxygen atoms in total. The fraction of sp³-hybridized carbons (Fsp3) is 0. The van der Waals surface area contributed by atoms with E-state index in [1.807, 2.05) is 54.6 Å². The molecule has 4 heteroatoms. The van der Waals surface area contributed by atoms with Gasteiger partial charge in [-0.2, -0.15) is 0 Å². The number of para-hydroxylation sites is 2. The minimum absolute atomic E-state index is 0.662. The number of hydrogen-bond donors (Lipinski definition) is 1. The van der Waals surface area contributed by atoms with E-state index in [4.69, 9.17) is 9.68 Å². The van der Waals surface area contributed by atoms with E-state index in [0.717, 1.165) is 5.19 Å². The molecule has 3 radical (unpaired) electrons. The van der Waals surface area contributed by atoms with Crippen LogP contribution >= 0.6 is 0 Å². The van der Waals surface area contributed by atoms with Crippen molar-refractivity contribution >= 4 is 15.4 Å². The first-order valence-electron chi connectivity index (χ1n) is 4.80. The molecule has 0 atom stereocenters. The first-order valence-corrected chi connectivity index (χ1v) is 5.30. The van der Waals surface area contributed by atoms with Gasteiger partial charge in [0.2, 0.25) is 0 Å². The smallest absolute Gasteiger partial charge is 0.151 e. The van der Waals surface area contributed by atoms with Crippen molar-refractivity contribution in [1.82, 2.24) is 5.64 Å². The van der Waals surface area contributed by atoms with Crippen LogP contribution in [0, 0.1) is 0 Å². The van der Waals surface area contributed by atoms with Gasteiger partial charge in [0.05, 0.1) is 10.2 Å². The highest BCUT2D eigenvalue weighted by molar-refractivity contribution is 6.34. The van der Waals surface area contributed by atoms with Gasteiger partial charge in [-0.15, -0.1) is 0 Å². The van der Waals surface area contributed by atoms with Crippen molar-refractivity contribution in [2.45, 2.75) is 0 Å². The summed E-state index contributed by atoms with van der Waals surface area (Å²) in [7, 11) is 3.41. The minimum atomic E-state index is 0.662. The molecule has 0 bridgehead atoms. The van der Waals surface area contributed by atoms with Gasteiger partial charge in [-0.1, -0.05) is 36.4 Å². The van der Waals surface area contributed by atoms with Gasteiger partial charge < -0.3 is 9.68 Å². The first-order chi connectivity index (χ1) is 7.86. The summed E-state index contributed by atoms with van der Waals surface area (Å²) in [4.78, 5) is 10.4. The predicted octanol–water partition coefficient (Wildman–Crippen LogP) is 1.36. The molecule has 0 saturated carbocycles. The van der Waals surface area contributed by atoms with E-state index in [1.165, 1.54) is 0 Å². The Balaban J connectivity index is 1.87. The molecule has 0 aliphatic heterocycles. The monoisotopic (exact) mass is 228 g/mol. The Hall–Kier alpha value is -1.78. The molecule has 0 spiro atoms. The summed E-state index contributed by atoms with van der Waals surface area (Å²) in [5.41, 5.74) is 2.43. The van der Waals surface area contributed by atoms with E-state index < -0.39 is 0 Å². The molecule has 0 saturated heterocycles. The van der Waals surface area contributed by atoms with E-state index in [2.05, 4.69) is 15.9 Å². The van der Waals surface area contributed by atoms with Gasteiger partial charge in [-0.25, -0.2) is 0 Å². The van der Waals surface area contributed by atoms with Crippen LogP contribution in [0.25, 0.3) is 0 Å². The van der Waals surface area contributed by atoms with Crippen LogP contribution in [0.2, 0.25) is 0 Å². The Bertz CT molecular complexity index is 448. The maximum absolute atomic E-state index is 5.22. The lowest BCUT2D eigenvalue weighted by atomic mass is 10.3. The van der Waals surface area contributed by atoms with Crippen molar-refractivity contribution in [3.63, 3.8) is 0 Å². The second-order valence-corrected chi connectivity index (χ2v) is 3.64. The van der Waals surface area contributed by atoms with E-state index in [-0.39, 0.29) is 0 Å². The molecule has 0 unspecified atom stereocenters. The lowest BCUT2D eigenvalue weighted by molar-refractivity contribution is -0.0183. The number of hydrogen-bond acceptors (Lipinski definition) is 3. The van der Waals surface area contributed by atoms with Crippen molar-refractivity contribution in [3.05, 3.63) is 54.6 Å². The van der Waals surface area contributed by atoms with Gasteiger partial charge in [0.25, 0.3) is 0 Å². The van der Waals surface area contributed by atoms with Crippen molar-refractivity contribution in [2.24, 2.45) is 0 Å². The van der Waals surface area contributed by atoms with Gasteiger partial charge in [0.1, 0.15) is 5.75 Å². The average molecular weight is 228 g/mol. The third-order valence-corrected chi connectivity index (χ3v) is 2.35. The largest absolute Gasteiger partial charge is 0.374 e. The molecule has 1 N–H and O–H groups in total. The summed E-state index contributed by atoms with van der Waals surface area (Å²) in [6.07, 6.45) is 0. The van der Waals surface area contributed by atoms with Gasteiger partial charge >= 0.3 is 0 Å². The molecule has 2 aromatic rings. The third kappa shape index (κ3) is 2.85. The van der Waals surface area contributed by atoms with Crippen LogP contribution in [0.5, 0.6) is 11.5 Å². The molecule has 0 heterocycles. The van der Waals surface area contributed by atoms with Crippen LogP contribution in [-0.2, 0) is 0 Å². The predicted molar refractivity (Wildman–Crippen MR) is 62.7 cm³/mol. The van der Waals surface area contributed by atoms with Crippen LogP contribution in [0.3, 0.4) is 0 Å². The number of nitrogens with one attached hydrogen (secondary N) is 1. The van der Waals surface area contributed by atoms with E-state index in [0.29, 0.717) is 11.5 Å². The Morgan fingerprint density at radius 2 is 1.50 bits per heavy atom. The third-order valence-electron chi connectivity index (χ3n) is 1.94. The molecule has 0 aromatic heterocycles. The van der Waals surface area contributed by atoms with E-state index in [9.17, 15) is 0 Å². The van der Waals surface area contributed by atoms with E-state index in [1.54, 1.807) is 0 Å². The fourth-order valence-electron chi connectivity index (χ4n) is 1.16. The SMILES string of the molecule is [Si]c1ccccc1ONOc1ccccc1. The second kappa shape index (κ2) is 5.34. The van der Waals surface area contributed by atoms with Crippen LogP contribution in [0.15, 0.2) is 54.6 Å². The molecule has 79 valence electrons. The quantitative estimate of drug-likeness (QED) is 0.633. The lowest BCUT2D eigenvalue weighted by Crippen LogP contribution is -2.25. The maximum Gasteiger partial charge on any atom is 0.151 e. The van der Waals surface area contributed by atoms with Crippen LogP contribution in [0.1, 0.15) is 0 Å². The van der Waals surface area contributed by atoms with Gasteiger partial charge in [0.15, 0.2) is 5.75 Å². The van der Waals surface area contributed by atoms with Crippen LogP contribution in [0.4, 0.5) is 0 Å². The Kier molecular flexibility index (Phi) is 3.58. The standard InChI is InChI=1S/C12H10NO2Si/c16-12-9-5-4-8-11(12)15-13-14-10-6-2-1-3-7-10/h1-9,13H. The topological polar surface area (TPSA) is 30.5 Å². The normalized spacial score (nSPS) is 9.81. The highest BCUT2D eigenvalue weighted by Crippen LogP contribution is 2.07. The van der Waals surface area contributed by atoms with Gasteiger partial charge in [-0.05, 0) is 23.4 Å². The summed E-state index contributed by atoms with van der Waals surface area (Å²) in [5.74, 6) is 1.35. The molecular weight excluding hydrogens is 218 g/mol. The summed E-state index contributed by atoms with van der Waals surface area (Å²) in [6, 6.07) is 16.8. The van der Waals surface area contributed by atoms with Crippen molar-refractivity contribution in [2.75, 3.05) is 0 Å². The van der Waals surface area contributed by atoms with Crippen molar-refractivity contribution in [3.8, 4) is 11.5 Å². The Labute approximate surface area is 97.3 Å². The Morgan fingerprint density at radius 3 is 2.25 bits per heavy atom. The zero-order valence-electron chi connectivity index (χ0n) is 8.51. The zero-order valence-corrected chi connectivity index (χ0v) is 9.51. The fourth-order valence-corrected chi connectivity index (χ4v) is 1.39. The summed E-state index contributed by atoms with van der Waals surface area (Å²) in [5, 5.41) is 0.853. The highest BCUT2D eigenvalue weighted by Gasteiger charge is 1.97. The van der Waals surface area contributed by atoms with Gasteiger partial charge in [0, 0.05) is 5.64 Å². The second-order valence-electron chi connectivity index (χ2n) is 3.10. The molecule has 16 heavy (non-hydrogen) atoms. The molecular formula is C12H10NO2Si. The minimum Gasteiger partial charge on any atom is -0.374 e. The molecule has 2 aromatic carbocycles. The zero-order chi connectivity index (χ0) is 11.2. The highest BCUT2D eigenvalue weighted by atomic mass is 28.1. The number of benzene rings is 2. The summed E-state index contributed by atoms with van der Waals surface area (Å²) >= 11 is 0. The molecule has 0 fully saturated rings. The van der Waals surface area contributed by atoms with Crippen LogP contribution < -0.4 is 20.5 Å². The number of rotatable bonds is 4. The lowest BCUT2D eigenvalue weighted by Gasteiger charge is -2.09. The molecule has 0 aliphatic carbocycles.